The lowest BCUT2D eigenvalue weighted by atomic mass is 9.72. The van der Waals surface area contributed by atoms with Crippen LogP contribution in [0.3, 0.4) is 0 Å². The number of allylic oxidation sites excluding steroid dienone is 1. The molecule has 1 amide bonds. The normalized spacial score (nSPS) is 32.7. The van der Waals surface area contributed by atoms with Gasteiger partial charge >= 0.3 is 0 Å². The largest absolute Gasteiger partial charge is 0.369 e. The molecule has 3 nitrogen and oxygen atoms in total. The van der Waals surface area contributed by atoms with Crippen molar-refractivity contribution in [2.45, 2.75) is 26.7 Å². The third kappa shape index (κ3) is 2.03. The highest BCUT2D eigenvalue weighted by Crippen LogP contribution is 2.34. The van der Waals surface area contributed by atoms with Crippen molar-refractivity contribution >= 4 is 11.7 Å². The van der Waals surface area contributed by atoms with Crippen LogP contribution in [0.15, 0.2) is 12.2 Å². The van der Waals surface area contributed by atoms with Crippen LogP contribution in [0.5, 0.6) is 0 Å². The third-order valence-electron chi connectivity index (χ3n) is 3.16. The highest BCUT2D eigenvalue weighted by molar-refractivity contribution is 5.89. The van der Waals surface area contributed by atoms with Gasteiger partial charge in [-0.2, -0.15) is 0 Å². The fourth-order valence-electron chi connectivity index (χ4n) is 1.99. The second kappa shape index (κ2) is 3.95. The highest BCUT2D eigenvalue weighted by Gasteiger charge is 2.36. The van der Waals surface area contributed by atoms with Crippen LogP contribution < -0.4 is 5.73 Å². The molecule has 0 bridgehead atoms. The van der Waals surface area contributed by atoms with Crippen LogP contribution >= 0.6 is 0 Å². The SMILES string of the molecule is C=C(C)[C@H]1CC(=O)[C@H](C)[C@H](C(N)=O)C1. The Hall–Kier alpha value is -1.12. The number of primary amides is 1. The number of ketones is 1. The topological polar surface area (TPSA) is 60.2 Å². The van der Waals surface area contributed by atoms with E-state index in [1.807, 2.05) is 6.92 Å². The molecule has 0 radical (unpaired) electrons. The Kier molecular flexibility index (Phi) is 3.09. The molecule has 2 N–H and O–H groups in total. The summed E-state index contributed by atoms with van der Waals surface area (Å²) in [5.41, 5.74) is 6.23. The Labute approximate surface area is 84.4 Å². The average molecular weight is 195 g/mol. The van der Waals surface area contributed by atoms with Gasteiger partial charge in [-0.1, -0.05) is 19.1 Å². The lowest BCUT2D eigenvalue weighted by molar-refractivity contribution is -0.135. The molecule has 1 aliphatic rings. The fraction of sp³-hybridized carbons (Fsp3) is 0.636. The highest BCUT2D eigenvalue weighted by atomic mass is 16.1. The number of rotatable bonds is 2. The lowest BCUT2D eigenvalue weighted by Gasteiger charge is -2.31. The van der Waals surface area contributed by atoms with Crippen LogP contribution in [0.1, 0.15) is 26.7 Å². The van der Waals surface area contributed by atoms with Crippen molar-refractivity contribution in [2.75, 3.05) is 0 Å². The third-order valence-corrected chi connectivity index (χ3v) is 3.16. The summed E-state index contributed by atoms with van der Waals surface area (Å²) in [5.74, 6) is -0.623. The maximum atomic E-state index is 11.6. The van der Waals surface area contributed by atoms with Gasteiger partial charge in [0.2, 0.25) is 5.91 Å². The maximum Gasteiger partial charge on any atom is 0.221 e. The van der Waals surface area contributed by atoms with Gasteiger partial charge < -0.3 is 5.73 Å². The maximum absolute atomic E-state index is 11.6. The molecule has 1 rings (SSSR count). The van der Waals surface area contributed by atoms with Crippen molar-refractivity contribution in [2.24, 2.45) is 23.5 Å². The summed E-state index contributed by atoms with van der Waals surface area (Å²) in [6.07, 6.45) is 1.19. The zero-order chi connectivity index (χ0) is 10.9. The molecule has 3 heteroatoms. The van der Waals surface area contributed by atoms with Crippen molar-refractivity contribution in [3.8, 4) is 0 Å². The van der Waals surface area contributed by atoms with E-state index in [4.69, 9.17) is 5.73 Å². The predicted molar refractivity (Wildman–Crippen MR) is 54.4 cm³/mol. The Morgan fingerprint density at radius 1 is 1.57 bits per heavy atom. The van der Waals surface area contributed by atoms with E-state index >= 15 is 0 Å². The van der Waals surface area contributed by atoms with E-state index in [1.165, 1.54) is 0 Å². The minimum absolute atomic E-state index is 0.132. The van der Waals surface area contributed by atoms with Crippen LogP contribution in [0.2, 0.25) is 0 Å². The monoisotopic (exact) mass is 195 g/mol. The van der Waals surface area contributed by atoms with E-state index in [-0.39, 0.29) is 29.4 Å². The molecule has 0 aromatic heterocycles. The predicted octanol–water partition coefficient (Wildman–Crippen LogP) is 1.28. The van der Waals surface area contributed by atoms with Gasteiger partial charge in [-0.25, -0.2) is 0 Å². The van der Waals surface area contributed by atoms with Gasteiger partial charge in [0.15, 0.2) is 0 Å². The minimum atomic E-state index is -0.364. The summed E-state index contributed by atoms with van der Waals surface area (Å²) in [6, 6.07) is 0. The first-order valence-electron chi connectivity index (χ1n) is 4.91. The van der Waals surface area contributed by atoms with E-state index in [1.54, 1.807) is 6.92 Å². The fourth-order valence-corrected chi connectivity index (χ4v) is 1.99. The first-order chi connectivity index (χ1) is 6.43. The Morgan fingerprint density at radius 3 is 2.57 bits per heavy atom. The molecule has 0 aromatic carbocycles. The molecule has 0 saturated heterocycles. The van der Waals surface area contributed by atoms with Crippen LogP contribution in [0.25, 0.3) is 0 Å². The van der Waals surface area contributed by atoms with Crippen LogP contribution in [-0.4, -0.2) is 11.7 Å². The van der Waals surface area contributed by atoms with Crippen molar-refractivity contribution < 1.29 is 9.59 Å². The number of hydrogen-bond acceptors (Lipinski definition) is 2. The number of carbonyl (C=O) groups excluding carboxylic acids is 2. The Bertz CT molecular complexity index is 283. The molecule has 14 heavy (non-hydrogen) atoms. The molecule has 3 atom stereocenters. The van der Waals surface area contributed by atoms with E-state index in [2.05, 4.69) is 6.58 Å². The minimum Gasteiger partial charge on any atom is -0.369 e. The van der Waals surface area contributed by atoms with Gasteiger partial charge in [-0.15, -0.1) is 0 Å². The second-order valence-corrected chi connectivity index (χ2v) is 4.25. The van der Waals surface area contributed by atoms with Gasteiger partial charge in [0.05, 0.1) is 0 Å². The second-order valence-electron chi connectivity index (χ2n) is 4.25. The first kappa shape index (κ1) is 11.0. The Balaban J connectivity index is 2.81. The summed E-state index contributed by atoms with van der Waals surface area (Å²) >= 11 is 0. The zero-order valence-electron chi connectivity index (χ0n) is 8.75. The van der Waals surface area contributed by atoms with Gasteiger partial charge in [0.25, 0.3) is 0 Å². The molecular weight excluding hydrogens is 178 g/mol. The molecule has 0 aliphatic heterocycles. The van der Waals surface area contributed by atoms with Crippen molar-refractivity contribution in [1.29, 1.82) is 0 Å². The van der Waals surface area contributed by atoms with Gasteiger partial charge in [-0.05, 0) is 19.3 Å². The molecule has 0 spiro atoms. The standard InChI is InChI=1S/C11H17NO2/c1-6(2)8-4-9(11(12)14)7(3)10(13)5-8/h7-9H,1,4-5H2,2-3H3,(H2,12,14)/t7-,8-,9-/m1/s1. The Morgan fingerprint density at radius 2 is 2.14 bits per heavy atom. The van der Waals surface area contributed by atoms with Crippen molar-refractivity contribution in [1.82, 2.24) is 0 Å². The van der Waals surface area contributed by atoms with E-state index in [0.717, 1.165) is 5.57 Å². The van der Waals surface area contributed by atoms with Crippen LogP contribution in [0.4, 0.5) is 0 Å². The molecule has 78 valence electrons. The first-order valence-corrected chi connectivity index (χ1v) is 4.91. The van der Waals surface area contributed by atoms with Crippen LogP contribution in [0, 0.1) is 17.8 Å². The number of carbonyl (C=O) groups is 2. The molecule has 0 aromatic rings. The van der Waals surface area contributed by atoms with E-state index in [0.29, 0.717) is 12.8 Å². The van der Waals surface area contributed by atoms with Gasteiger partial charge in [0, 0.05) is 18.3 Å². The molecule has 0 unspecified atom stereocenters. The number of nitrogens with two attached hydrogens (primary N) is 1. The number of amides is 1. The summed E-state index contributed by atoms with van der Waals surface area (Å²) in [5, 5.41) is 0. The van der Waals surface area contributed by atoms with Crippen molar-refractivity contribution in [3.63, 3.8) is 0 Å². The smallest absolute Gasteiger partial charge is 0.221 e. The molecule has 1 aliphatic carbocycles. The zero-order valence-corrected chi connectivity index (χ0v) is 8.75. The molecule has 0 heterocycles. The molecule has 1 fully saturated rings. The summed E-state index contributed by atoms with van der Waals surface area (Å²) < 4.78 is 0. The molecule has 1 saturated carbocycles. The lowest BCUT2D eigenvalue weighted by Crippen LogP contribution is -2.39. The molecular formula is C11H17NO2. The van der Waals surface area contributed by atoms with Gasteiger partial charge in [0.1, 0.15) is 5.78 Å². The summed E-state index contributed by atoms with van der Waals surface area (Å²) in [7, 11) is 0. The van der Waals surface area contributed by atoms with E-state index < -0.39 is 0 Å². The number of Topliss-reactive ketones (excluding diaryl/α,β-unsaturated/α-hetero) is 1. The number of hydrogen-bond donors (Lipinski definition) is 1. The summed E-state index contributed by atoms with van der Waals surface area (Å²) in [6.45, 7) is 7.51. The average Bonchev–Trinajstić information content (AvgIpc) is 2.08. The summed E-state index contributed by atoms with van der Waals surface area (Å²) in [4.78, 5) is 22.7. The van der Waals surface area contributed by atoms with Crippen molar-refractivity contribution in [3.05, 3.63) is 12.2 Å². The van der Waals surface area contributed by atoms with Crippen LogP contribution in [-0.2, 0) is 9.59 Å². The van der Waals surface area contributed by atoms with Gasteiger partial charge in [-0.3, -0.25) is 9.59 Å². The quantitative estimate of drug-likeness (QED) is 0.675. The van der Waals surface area contributed by atoms with E-state index in [9.17, 15) is 9.59 Å².